The Morgan fingerprint density at radius 3 is 2.62 bits per heavy atom. The van der Waals surface area contributed by atoms with Crippen LogP contribution in [0.15, 0.2) is 29.3 Å². The van der Waals surface area contributed by atoms with Gasteiger partial charge in [-0.05, 0) is 44.4 Å². The summed E-state index contributed by atoms with van der Waals surface area (Å²) in [5, 5.41) is 0. The molecule has 0 atom stereocenters. The fourth-order valence-electron chi connectivity index (χ4n) is 1.85. The average molecular weight is 215 g/mol. The molecule has 1 aromatic carbocycles. The maximum atomic E-state index is 10.4. The first kappa shape index (κ1) is 12.4. The van der Waals surface area contributed by atoms with Crippen molar-refractivity contribution >= 4 is 12.2 Å². The summed E-state index contributed by atoms with van der Waals surface area (Å²) in [5.74, 6) is 0. The van der Waals surface area contributed by atoms with E-state index in [1.807, 2.05) is 45.9 Å². The van der Waals surface area contributed by atoms with Gasteiger partial charge >= 0.3 is 0 Å². The van der Waals surface area contributed by atoms with Gasteiger partial charge in [0.05, 0.1) is 5.54 Å². The predicted molar refractivity (Wildman–Crippen MR) is 67.0 cm³/mol. The van der Waals surface area contributed by atoms with E-state index in [-0.39, 0.29) is 0 Å². The van der Waals surface area contributed by atoms with Crippen LogP contribution in [0.3, 0.4) is 0 Å². The molecule has 0 aliphatic carbocycles. The summed E-state index contributed by atoms with van der Waals surface area (Å²) in [6, 6.07) is 6.04. The standard InChI is InChI=1S/C14H17NO/c1-5-7-12-8-6-9-13(11(12)2)14(3,4)15-10-16/h5-9H,1-4H3. The largest absolute Gasteiger partial charge is 0.235 e. The third-order valence-electron chi connectivity index (χ3n) is 2.71. The molecule has 2 heteroatoms. The van der Waals surface area contributed by atoms with E-state index in [2.05, 4.69) is 17.1 Å². The van der Waals surface area contributed by atoms with Crippen molar-refractivity contribution in [1.82, 2.24) is 0 Å². The van der Waals surface area contributed by atoms with E-state index in [1.165, 1.54) is 0 Å². The summed E-state index contributed by atoms with van der Waals surface area (Å²) < 4.78 is 0. The smallest absolute Gasteiger partial charge is 0.211 e. The van der Waals surface area contributed by atoms with Gasteiger partial charge in [-0.2, -0.15) is 4.99 Å². The van der Waals surface area contributed by atoms with Crippen molar-refractivity contribution < 1.29 is 4.79 Å². The quantitative estimate of drug-likeness (QED) is 0.559. The average Bonchev–Trinajstić information content (AvgIpc) is 2.21. The van der Waals surface area contributed by atoms with E-state index in [9.17, 15) is 4.79 Å². The minimum Gasteiger partial charge on any atom is -0.211 e. The first-order valence-corrected chi connectivity index (χ1v) is 5.34. The monoisotopic (exact) mass is 215 g/mol. The second-order valence-electron chi connectivity index (χ2n) is 4.28. The van der Waals surface area contributed by atoms with Crippen LogP contribution in [-0.4, -0.2) is 6.08 Å². The molecule has 1 aromatic rings. The van der Waals surface area contributed by atoms with E-state index < -0.39 is 5.54 Å². The first-order chi connectivity index (χ1) is 7.53. The SMILES string of the molecule is CC=Cc1cccc(C(C)(C)N=C=O)c1C. The molecule has 0 N–H and O–H groups in total. The minimum atomic E-state index is -0.510. The summed E-state index contributed by atoms with van der Waals surface area (Å²) >= 11 is 0. The molecule has 0 amide bonds. The molecular formula is C14H17NO. The van der Waals surface area contributed by atoms with Crippen molar-refractivity contribution in [2.45, 2.75) is 33.2 Å². The highest BCUT2D eigenvalue weighted by Gasteiger charge is 2.21. The lowest BCUT2D eigenvalue weighted by molar-refractivity contribution is 0.521. The molecule has 1 rings (SSSR count). The van der Waals surface area contributed by atoms with Crippen LogP contribution < -0.4 is 0 Å². The third kappa shape index (κ3) is 2.47. The summed E-state index contributed by atoms with van der Waals surface area (Å²) in [4.78, 5) is 14.3. The van der Waals surface area contributed by atoms with Gasteiger partial charge in [0.2, 0.25) is 6.08 Å². The lowest BCUT2D eigenvalue weighted by Gasteiger charge is -2.21. The molecule has 0 aliphatic rings. The normalized spacial score (nSPS) is 11.5. The molecule has 0 spiro atoms. The van der Waals surface area contributed by atoms with E-state index in [0.29, 0.717) is 0 Å². The number of carbonyl (C=O) groups excluding carboxylic acids is 1. The molecule has 0 saturated heterocycles. The topological polar surface area (TPSA) is 29.4 Å². The van der Waals surface area contributed by atoms with Crippen LogP contribution in [0, 0.1) is 6.92 Å². The fourth-order valence-corrected chi connectivity index (χ4v) is 1.85. The highest BCUT2D eigenvalue weighted by Crippen LogP contribution is 2.29. The van der Waals surface area contributed by atoms with Crippen molar-refractivity contribution in [3.05, 3.63) is 41.0 Å². The molecule has 0 heterocycles. The van der Waals surface area contributed by atoms with E-state index in [0.717, 1.165) is 16.7 Å². The zero-order valence-electron chi connectivity index (χ0n) is 10.2. The number of hydrogen-bond acceptors (Lipinski definition) is 2. The van der Waals surface area contributed by atoms with Gasteiger partial charge in [-0.3, -0.25) is 0 Å². The molecule has 0 saturated carbocycles. The van der Waals surface area contributed by atoms with Crippen LogP contribution in [-0.2, 0) is 10.3 Å². The number of aliphatic imine (C=N–C) groups is 1. The Morgan fingerprint density at radius 1 is 1.38 bits per heavy atom. The Morgan fingerprint density at radius 2 is 2.06 bits per heavy atom. The maximum Gasteiger partial charge on any atom is 0.235 e. The highest BCUT2D eigenvalue weighted by molar-refractivity contribution is 5.56. The van der Waals surface area contributed by atoms with Crippen LogP contribution in [0.2, 0.25) is 0 Å². The molecule has 0 aliphatic heterocycles. The van der Waals surface area contributed by atoms with Gasteiger partial charge < -0.3 is 0 Å². The van der Waals surface area contributed by atoms with E-state index >= 15 is 0 Å². The lowest BCUT2D eigenvalue weighted by atomic mass is 9.88. The van der Waals surface area contributed by atoms with Crippen molar-refractivity contribution in [2.24, 2.45) is 4.99 Å². The molecule has 16 heavy (non-hydrogen) atoms. The molecule has 2 nitrogen and oxygen atoms in total. The number of isocyanates is 1. The Bertz CT molecular complexity index is 452. The molecule has 0 unspecified atom stereocenters. The zero-order chi connectivity index (χ0) is 12.2. The molecule has 0 fully saturated rings. The second-order valence-corrected chi connectivity index (χ2v) is 4.28. The van der Waals surface area contributed by atoms with Crippen LogP contribution >= 0.6 is 0 Å². The number of benzene rings is 1. The van der Waals surface area contributed by atoms with Crippen LogP contribution in [0.5, 0.6) is 0 Å². The molecule has 0 aromatic heterocycles. The molecule has 0 radical (unpaired) electrons. The second kappa shape index (κ2) is 4.91. The van der Waals surface area contributed by atoms with E-state index in [1.54, 1.807) is 6.08 Å². The summed E-state index contributed by atoms with van der Waals surface area (Å²) in [5.41, 5.74) is 2.87. The van der Waals surface area contributed by atoms with Gasteiger partial charge in [0, 0.05) is 0 Å². The van der Waals surface area contributed by atoms with Gasteiger partial charge in [-0.25, -0.2) is 4.79 Å². The minimum absolute atomic E-state index is 0.510. The third-order valence-corrected chi connectivity index (χ3v) is 2.71. The van der Waals surface area contributed by atoms with Crippen LogP contribution in [0.1, 0.15) is 37.5 Å². The van der Waals surface area contributed by atoms with Gasteiger partial charge in [-0.1, -0.05) is 30.4 Å². The molecular weight excluding hydrogens is 198 g/mol. The molecule has 84 valence electrons. The van der Waals surface area contributed by atoms with Crippen molar-refractivity contribution in [3.63, 3.8) is 0 Å². The lowest BCUT2D eigenvalue weighted by Crippen LogP contribution is -2.15. The van der Waals surface area contributed by atoms with E-state index in [4.69, 9.17) is 0 Å². The van der Waals surface area contributed by atoms with Crippen LogP contribution in [0.4, 0.5) is 0 Å². The van der Waals surface area contributed by atoms with Gasteiger partial charge in [0.1, 0.15) is 0 Å². The summed E-state index contributed by atoms with van der Waals surface area (Å²) in [6.45, 7) is 7.87. The van der Waals surface area contributed by atoms with Crippen molar-refractivity contribution in [2.75, 3.05) is 0 Å². The van der Waals surface area contributed by atoms with Gasteiger partial charge in [-0.15, -0.1) is 0 Å². The Balaban J connectivity index is 3.35. The van der Waals surface area contributed by atoms with Crippen molar-refractivity contribution in [3.8, 4) is 0 Å². The molecule has 0 bridgehead atoms. The Kier molecular flexibility index (Phi) is 3.81. The number of nitrogens with zero attached hydrogens (tertiary/aromatic N) is 1. The first-order valence-electron chi connectivity index (χ1n) is 5.34. The van der Waals surface area contributed by atoms with Crippen molar-refractivity contribution in [1.29, 1.82) is 0 Å². The predicted octanol–water partition coefficient (Wildman–Crippen LogP) is 3.60. The van der Waals surface area contributed by atoms with Crippen LogP contribution in [0.25, 0.3) is 6.08 Å². The van der Waals surface area contributed by atoms with Gasteiger partial charge in [0.15, 0.2) is 0 Å². The Hall–Kier alpha value is -1.66. The summed E-state index contributed by atoms with van der Waals surface area (Å²) in [7, 11) is 0. The van der Waals surface area contributed by atoms with Gasteiger partial charge in [0.25, 0.3) is 0 Å². The maximum absolute atomic E-state index is 10.4. The number of rotatable bonds is 3. The zero-order valence-corrected chi connectivity index (χ0v) is 10.2. The fraction of sp³-hybridized carbons (Fsp3) is 0.357. The number of allylic oxidation sites excluding steroid dienone is 1. The highest BCUT2D eigenvalue weighted by atomic mass is 16.1. The summed E-state index contributed by atoms with van der Waals surface area (Å²) in [6.07, 6.45) is 5.70. The number of hydrogen-bond donors (Lipinski definition) is 0. The Labute approximate surface area is 96.7 Å².